The van der Waals surface area contributed by atoms with Gasteiger partial charge < -0.3 is 8.98 Å². The highest BCUT2D eigenvalue weighted by atomic mass is 16.4. The molecule has 4 aromatic rings. The molecule has 1 aromatic carbocycles. The van der Waals surface area contributed by atoms with Crippen LogP contribution in [0.25, 0.3) is 11.2 Å². The molecule has 0 saturated carbocycles. The Kier molecular flexibility index (Phi) is 6.44. The van der Waals surface area contributed by atoms with Gasteiger partial charge in [0, 0.05) is 13.0 Å². The Labute approximate surface area is 193 Å². The zero-order chi connectivity index (χ0) is 24.2. The number of imidazole rings is 1. The van der Waals surface area contributed by atoms with Gasteiger partial charge in [0.25, 0.3) is 11.5 Å². The number of furan rings is 1. The van der Waals surface area contributed by atoms with Crippen LogP contribution in [0.2, 0.25) is 0 Å². The number of hydrogen-bond acceptors (Lipinski definition) is 6. The number of amides is 2. The van der Waals surface area contributed by atoms with Crippen molar-refractivity contribution < 1.29 is 14.0 Å². The number of aromatic nitrogens is 4. The molecule has 2 amide bonds. The lowest BCUT2D eigenvalue weighted by molar-refractivity contribution is -0.122. The Morgan fingerprint density at radius 2 is 1.76 bits per heavy atom. The average Bonchev–Trinajstić information content (AvgIpc) is 3.51. The van der Waals surface area contributed by atoms with E-state index in [-0.39, 0.29) is 23.5 Å². The molecule has 176 valence electrons. The van der Waals surface area contributed by atoms with Crippen LogP contribution in [-0.2, 0) is 30.8 Å². The highest BCUT2D eigenvalue weighted by Gasteiger charge is 2.20. The number of aryl methyl sites for hydroxylation is 2. The van der Waals surface area contributed by atoms with E-state index in [4.69, 9.17) is 4.42 Å². The lowest BCUT2D eigenvalue weighted by Crippen LogP contribution is -2.48. The number of carbonyl (C=O) groups excluding carboxylic acids is 2. The minimum atomic E-state index is -0.747. The van der Waals surface area contributed by atoms with Gasteiger partial charge in [0.15, 0.2) is 16.9 Å². The fourth-order valence-corrected chi connectivity index (χ4v) is 3.59. The van der Waals surface area contributed by atoms with Crippen molar-refractivity contribution in [2.45, 2.75) is 39.9 Å². The number of fused-ring (bicyclic) bond motifs is 1. The number of nitrogens with one attached hydrogen (secondary N) is 2. The van der Waals surface area contributed by atoms with E-state index in [0.717, 1.165) is 10.1 Å². The molecule has 2 N–H and O–H groups in total. The highest BCUT2D eigenvalue weighted by Crippen LogP contribution is 2.10. The molecular weight excluding hydrogens is 440 g/mol. The van der Waals surface area contributed by atoms with Crippen LogP contribution < -0.4 is 22.1 Å². The first-order valence-electron chi connectivity index (χ1n) is 10.8. The standard InChI is InChI=1S/C23H24N6O5/c1-3-16-10-11-17(34-16)21(31)26-25-18(30)13-29-22(32)19-20(24-14-27(19)4-2)28(23(29)33)12-15-8-6-5-7-9-15/h5-11,14H,3-4,12-13H2,1-2H3,(H,25,30)(H,26,31). The Bertz CT molecular complexity index is 1460. The quantitative estimate of drug-likeness (QED) is 0.393. The van der Waals surface area contributed by atoms with Crippen molar-refractivity contribution >= 4 is 23.0 Å². The Morgan fingerprint density at radius 1 is 1.00 bits per heavy atom. The van der Waals surface area contributed by atoms with Crippen molar-refractivity contribution in [2.24, 2.45) is 0 Å². The van der Waals surface area contributed by atoms with E-state index in [1.54, 1.807) is 10.6 Å². The van der Waals surface area contributed by atoms with Crippen molar-refractivity contribution in [3.63, 3.8) is 0 Å². The summed E-state index contributed by atoms with van der Waals surface area (Å²) in [5, 5.41) is 0. The second kappa shape index (κ2) is 9.61. The molecule has 4 rings (SSSR count). The number of nitrogens with zero attached hydrogens (tertiary/aromatic N) is 4. The maximum atomic E-state index is 13.2. The van der Waals surface area contributed by atoms with Crippen LogP contribution in [0.3, 0.4) is 0 Å². The summed E-state index contributed by atoms with van der Waals surface area (Å²) in [5.41, 5.74) is 4.44. The van der Waals surface area contributed by atoms with E-state index in [9.17, 15) is 19.2 Å². The molecule has 0 spiro atoms. The first-order chi connectivity index (χ1) is 16.4. The van der Waals surface area contributed by atoms with Crippen LogP contribution in [0, 0.1) is 0 Å². The first-order valence-corrected chi connectivity index (χ1v) is 10.8. The van der Waals surface area contributed by atoms with Gasteiger partial charge in [-0.05, 0) is 24.6 Å². The van der Waals surface area contributed by atoms with Crippen LogP contribution in [0.4, 0.5) is 0 Å². The predicted octanol–water partition coefficient (Wildman–Crippen LogP) is 1.04. The molecule has 34 heavy (non-hydrogen) atoms. The lowest BCUT2D eigenvalue weighted by Gasteiger charge is -2.13. The van der Waals surface area contributed by atoms with Crippen LogP contribution in [0.1, 0.15) is 35.7 Å². The molecule has 3 heterocycles. The van der Waals surface area contributed by atoms with Gasteiger partial charge in [-0.1, -0.05) is 37.3 Å². The van der Waals surface area contributed by atoms with Gasteiger partial charge in [-0.25, -0.2) is 14.3 Å². The van der Waals surface area contributed by atoms with Crippen molar-refractivity contribution in [3.05, 3.63) is 86.7 Å². The predicted molar refractivity (Wildman–Crippen MR) is 123 cm³/mol. The first kappa shape index (κ1) is 22.8. The Balaban J connectivity index is 1.62. The molecule has 0 aliphatic rings. The molecule has 0 aliphatic carbocycles. The van der Waals surface area contributed by atoms with Gasteiger partial charge >= 0.3 is 11.6 Å². The number of hydrazine groups is 1. The fraction of sp³-hybridized carbons (Fsp3) is 0.261. The van der Waals surface area contributed by atoms with Crippen LogP contribution in [-0.4, -0.2) is 30.5 Å². The van der Waals surface area contributed by atoms with Crippen LogP contribution in [0.15, 0.2) is 62.8 Å². The zero-order valence-electron chi connectivity index (χ0n) is 18.8. The highest BCUT2D eigenvalue weighted by molar-refractivity contribution is 5.92. The molecule has 0 bridgehead atoms. The van der Waals surface area contributed by atoms with E-state index in [1.165, 1.54) is 17.0 Å². The van der Waals surface area contributed by atoms with Crippen molar-refractivity contribution in [2.75, 3.05) is 0 Å². The van der Waals surface area contributed by atoms with Gasteiger partial charge in [-0.15, -0.1) is 0 Å². The second-order valence-corrected chi connectivity index (χ2v) is 7.57. The largest absolute Gasteiger partial charge is 0.456 e. The van der Waals surface area contributed by atoms with Gasteiger partial charge in [0.2, 0.25) is 0 Å². The van der Waals surface area contributed by atoms with Crippen LogP contribution in [0.5, 0.6) is 0 Å². The van der Waals surface area contributed by atoms with Gasteiger partial charge in [0.1, 0.15) is 12.3 Å². The SMILES string of the molecule is CCc1ccc(C(=O)NNC(=O)Cn2c(=O)c3c(ncn3CC)n(Cc3ccccc3)c2=O)o1. The molecule has 0 fully saturated rings. The molecule has 0 saturated heterocycles. The summed E-state index contributed by atoms with van der Waals surface area (Å²) in [7, 11) is 0. The summed E-state index contributed by atoms with van der Waals surface area (Å²) in [4.78, 5) is 55.3. The summed E-state index contributed by atoms with van der Waals surface area (Å²) in [6.07, 6.45) is 2.11. The second-order valence-electron chi connectivity index (χ2n) is 7.57. The lowest BCUT2D eigenvalue weighted by atomic mass is 10.2. The van der Waals surface area contributed by atoms with Crippen molar-refractivity contribution in [3.8, 4) is 0 Å². The summed E-state index contributed by atoms with van der Waals surface area (Å²) < 4.78 is 9.16. The topological polar surface area (TPSA) is 133 Å². The van der Waals surface area contributed by atoms with Crippen molar-refractivity contribution in [1.82, 2.24) is 29.5 Å². The molecule has 0 aliphatic heterocycles. The summed E-state index contributed by atoms with van der Waals surface area (Å²) in [6, 6.07) is 12.4. The molecular formula is C23H24N6O5. The molecule has 0 radical (unpaired) electrons. The maximum Gasteiger partial charge on any atom is 0.333 e. The molecule has 0 atom stereocenters. The summed E-state index contributed by atoms with van der Waals surface area (Å²) in [5.74, 6) is -0.736. The smallest absolute Gasteiger partial charge is 0.333 e. The van der Waals surface area contributed by atoms with E-state index in [0.29, 0.717) is 18.7 Å². The van der Waals surface area contributed by atoms with Gasteiger partial charge in [-0.3, -0.25) is 29.8 Å². The molecule has 11 nitrogen and oxygen atoms in total. The van der Waals surface area contributed by atoms with E-state index in [1.807, 2.05) is 44.2 Å². The summed E-state index contributed by atoms with van der Waals surface area (Å²) in [6.45, 7) is 3.77. The molecule has 3 aromatic heterocycles. The van der Waals surface area contributed by atoms with E-state index in [2.05, 4.69) is 15.8 Å². The van der Waals surface area contributed by atoms with E-state index >= 15 is 0 Å². The number of rotatable bonds is 7. The monoisotopic (exact) mass is 464 g/mol. The van der Waals surface area contributed by atoms with Gasteiger partial charge in [0.05, 0.1) is 12.9 Å². The third-order valence-electron chi connectivity index (χ3n) is 5.36. The normalized spacial score (nSPS) is 11.0. The fourth-order valence-electron chi connectivity index (χ4n) is 3.59. The minimum absolute atomic E-state index is 0.0350. The third-order valence-corrected chi connectivity index (χ3v) is 5.36. The molecule has 0 unspecified atom stereocenters. The number of hydrogen-bond donors (Lipinski definition) is 2. The Hall–Kier alpha value is -4.41. The zero-order valence-corrected chi connectivity index (χ0v) is 18.8. The minimum Gasteiger partial charge on any atom is -0.456 e. The Morgan fingerprint density at radius 3 is 2.44 bits per heavy atom. The number of benzene rings is 1. The van der Waals surface area contributed by atoms with Crippen molar-refractivity contribution in [1.29, 1.82) is 0 Å². The molecule has 11 heteroatoms. The third kappa shape index (κ3) is 4.40. The van der Waals surface area contributed by atoms with Crippen LogP contribution >= 0.6 is 0 Å². The average molecular weight is 464 g/mol. The van der Waals surface area contributed by atoms with E-state index < -0.39 is 29.6 Å². The summed E-state index contributed by atoms with van der Waals surface area (Å²) >= 11 is 0. The maximum absolute atomic E-state index is 13.2. The van der Waals surface area contributed by atoms with Gasteiger partial charge in [-0.2, -0.15) is 0 Å². The number of carbonyl (C=O) groups is 2.